The summed E-state index contributed by atoms with van der Waals surface area (Å²) in [6.45, 7) is 4.32. The molecule has 4 nitrogen and oxygen atoms in total. The molecular weight excluding hydrogens is 254 g/mol. The quantitative estimate of drug-likeness (QED) is 0.857. The van der Waals surface area contributed by atoms with Crippen molar-refractivity contribution < 1.29 is 14.6 Å². The highest BCUT2D eigenvalue weighted by Gasteiger charge is 2.56. The number of aliphatic hydroxyl groups is 1. The zero-order chi connectivity index (χ0) is 14.2. The summed E-state index contributed by atoms with van der Waals surface area (Å²) in [6.07, 6.45) is 7.03. The summed E-state index contributed by atoms with van der Waals surface area (Å²) in [6, 6.07) is 0. The first-order chi connectivity index (χ1) is 9.65. The predicted molar refractivity (Wildman–Crippen MR) is 76.2 cm³/mol. The summed E-state index contributed by atoms with van der Waals surface area (Å²) < 4.78 is 5.76. The molecule has 1 heterocycles. The molecule has 1 N–H and O–H groups in total. The molecule has 1 amide bonds. The Morgan fingerprint density at radius 1 is 1.35 bits per heavy atom. The molecule has 1 saturated heterocycles. The lowest BCUT2D eigenvalue weighted by Gasteiger charge is -2.56. The molecule has 3 rings (SSSR count). The topological polar surface area (TPSA) is 49.8 Å². The molecule has 2 saturated carbocycles. The van der Waals surface area contributed by atoms with Gasteiger partial charge in [0.2, 0.25) is 5.91 Å². The van der Waals surface area contributed by atoms with Gasteiger partial charge in [-0.2, -0.15) is 0 Å². The van der Waals surface area contributed by atoms with Gasteiger partial charge >= 0.3 is 0 Å². The third kappa shape index (κ3) is 2.37. The number of rotatable bonds is 4. The van der Waals surface area contributed by atoms with E-state index in [-0.39, 0.29) is 17.6 Å². The van der Waals surface area contributed by atoms with E-state index in [0.29, 0.717) is 18.4 Å². The second-order valence-corrected chi connectivity index (χ2v) is 6.81. The number of carbonyl (C=O) groups is 1. The van der Waals surface area contributed by atoms with Crippen LogP contribution in [0.1, 0.15) is 51.9 Å². The van der Waals surface area contributed by atoms with E-state index in [0.717, 1.165) is 38.8 Å². The van der Waals surface area contributed by atoms with Gasteiger partial charge in [0.15, 0.2) is 0 Å². The van der Waals surface area contributed by atoms with E-state index < -0.39 is 0 Å². The number of hydrogen-bond acceptors (Lipinski definition) is 3. The number of carbonyl (C=O) groups excluding carboxylic acids is 1. The highest BCUT2D eigenvalue weighted by Crippen LogP contribution is 2.51. The average Bonchev–Trinajstić information content (AvgIpc) is 2.42. The van der Waals surface area contributed by atoms with Crippen LogP contribution in [-0.4, -0.2) is 47.8 Å². The highest BCUT2D eigenvalue weighted by atomic mass is 16.5. The molecule has 0 aromatic rings. The summed E-state index contributed by atoms with van der Waals surface area (Å²) in [5, 5.41) is 10.2. The summed E-state index contributed by atoms with van der Waals surface area (Å²) in [5.41, 5.74) is -0.0662. The third-order valence-corrected chi connectivity index (χ3v) is 5.85. The zero-order valence-electron chi connectivity index (χ0n) is 12.5. The van der Waals surface area contributed by atoms with Crippen LogP contribution in [0.2, 0.25) is 0 Å². The number of piperidine rings is 1. The first kappa shape index (κ1) is 14.3. The summed E-state index contributed by atoms with van der Waals surface area (Å²) in [5.74, 6) is 0.968. The monoisotopic (exact) mass is 281 g/mol. The van der Waals surface area contributed by atoms with Crippen molar-refractivity contribution in [3.63, 3.8) is 0 Å². The summed E-state index contributed by atoms with van der Waals surface area (Å²) >= 11 is 0. The number of amides is 1. The molecular formula is C16H27NO3. The van der Waals surface area contributed by atoms with Gasteiger partial charge in [-0.3, -0.25) is 4.79 Å². The van der Waals surface area contributed by atoms with Crippen LogP contribution in [0.15, 0.2) is 0 Å². The van der Waals surface area contributed by atoms with Crippen LogP contribution in [0.5, 0.6) is 0 Å². The molecule has 3 aliphatic rings. The van der Waals surface area contributed by atoms with Crippen molar-refractivity contribution in [3.05, 3.63) is 0 Å². The van der Waals surface area contributed by atoms with Crippen LogP contribution >= 0.6 is 0 Å². The standard InChI is InChI=1S/C16H27NO3/c1-2-20-14-11-13(18)16(14)6-8-17(9-7-16)15(19)10-12-4-3-5-12/h12-14,18H,2-11H2,1H3. The van der Waals surface area contributed by atoms with Gasteiger partial charge in [0.1, 0.15) is 0 Å². The largest absolute Gasteiger partial charge is 0.392 e. The molecule has 0 aromatic carbocycles. The smallest absolute Gasteiger partial charge is 0.222 e. The molecule has 114 valence electrons. The molecule has 1 spiro atoms. The zero-order valence-corrected chi connectivity index (χ0v) is 12.5. The van der Waals surface area contributed by atoms with Crippen molar-refractivity contribution >= 4 is 5.91 Å². The number of likely N-dealkylation sites (tertiary alicyclic amines) is 1. The minimum Gasteiger partial charge on any atom is -0.392 e. The molecule has 2 atom stereocenters. The Kier molecular flexibility index (Phi) is 4.04. The molecule has 4 heteroatoms. The van der Waals surface area contributed by atoms with Gasteiger partial charge in [-0.25, -0.2) is 0 Å². The first-order valence-corrected chi connectivity index (χ1v) is 8.23. The number of nitrogens with zero attached hydrogens (tertiary/aromatic N) is 1. The third-order valence-electron chi connectivity index (χ3n) is 5.85. The van der Waals surface area contributed by atoms with Crippen molar-refractivity contribution in [3.8, 4) is 0 Å². The van der Waals surface area contributed by atoms with Crippen molar-refractivity contribution in [2.75, 3.05) is 19.7 Å². The maximum absolute atomic E-state index is 12.2. The minimum atomic E-state index is -0.233. The minimum absolute atomic E-state index is 0.0662. The van der Waals surface area contributed by atoms with E-state index in [9.17, 15) is 9.90 Å². The van der Waals surface area contributed by atoms with Crippen molar-refractivity contribution in [1.82, 2.24) is 4.90 Å². The normalized spacial score (nSPS) is 32.8. The Hall–Kier alpha value is -0.610. The molecule has 0 bridgehead atoms. The van der Waals surface area contributed by atoms with E-state index in [4.69, 9.17) is 4.74 Å². The maximum Gasteiger partial charge on any atom is 0.222 e. The van der Waals surface area contributed by atoms with Gasteiger partial charge < -0.3 is 14.7 Å². The first-order valence-electron chi connectivity index (χ1n) is 8.23. The predicted octanol–water partition coefficient (Wildman–Crippen LogP) is 1.96. The van der Waals surface area contributed by atoms with Crippen molar-refractivity contribution in [1.29, 1.82) is 0 Å². The number of hydrogen-bond donors (Lipinski definition) is 1. The molecule has 20 heavy (non-hydrogen) atoms. The van der Waals surface area contributed by atoms with Gasteiger partial charge in [-0.1, -0.05) is 6.42 Å². The fraction of sp³-hybridized carbons (Fsp3) is 0.938. The van der Waals surface area contributed by atoms with Gasteiger partial charge in [0, 0.05) is 38.0 Å². The van der Waals surface area contributed by atoms with Gasteiger partial charge in [0.05, 0.1) is 12.2 Å². The molecule has 0 aromatic heterocycles. The van der Waals surface area contributed by atoms with E-state index >= 15 is 0 Å². The second-order valence-electron chi connectivity index (χ2n) is 6.81. The molecule has 1 aliphatic heterocycles. The highest BCUT2D eigenvalue weighted by molar-refractivity contribution is 5.76. The van der Waals surface area contributed by atoms with Crippen LogP contribution < -0.4 is 0 Å². The Morgan fingerprint density at radius 3 is 2.55 bits per heavy atom. The van der Waals surface area contributed by atoms with Crippen LogP contribution in [0.3, 0.4) is 0 Å². The van der Waals surface area contributed by atoms with E-state index in [1.54, 1.807) is 0 Å². The lowest BCUT2D eigenvalue weighted by atomic mass is 9.58. The summed E-state index contributed by atoms with van der Waals surface area (Å²) in [7, 11) is 0. The molecule has 3 fully saturated rings. The fourth-order valence-electron chi connectivity index (χ4n) is 4.06. The molecule has 2 aliphatic carbocycles. The Morgan fingerprint density at radius 2 is 2.05 bits per heavy atom. The SMILES string of the molecule is CCOC1CC(O)C12CCN(C(=O)CC1CCC1)CC2. The number of ether oxygens (including phenoxy) is 1. The average molecular weight is 281 g/mol. The maximum atomic E-state index is 12.2. The van der Waals surface area contributed by atoms with E-state index in [1.165, 1.54) is 19.3 Å². The lowest BCUT2D eigenvalue weighted by molar-refractivity contribution is -0.210. The van der Waals surface area contributed by atoms with E-state index in [1.807, 2.05) is 11.8 Å². The molecule has 2 unspecified atom stereocenters. The number of aliphatic hydroxyl groups excluding tert-OH is 1. The van der Waals surface area contributed by atoms with Crippen molar-refractivity contribution in [2.45, 2.75) is 64.1 Å². The lowest BCUT2D eigenvalue weighted by Crippen LogP contribution is -2.62. The van der Waals surface area contributed by atoms with Crippen LogP contribution in [0.25, 0.3) is 0 Å². The van der Waals surface area contributed by atoms with Gasteiger partial charge in [-0.15, -0.1) is 0 Å². The Bertz CT molecular complexity index is 357. The van der Waals surface area contributed by atoms with Gasteiger partial charge in [-0.05, 0) is 38.5 Å². The Balaban J connectivity index is 1.51. The second kappa shape index (κ2) is 5.64. The van der Waals surface area contributed by atoms with E-state index in [2.05, 4.69) is 0 Å². The summed E-state index contributed by atoms with van der Waals surface area (Å²) in [4.78, 5) is 14.3. The Labute approximate surface area is 121 Å². The van der Waals surface area contributed by atoms with Gasteiger partial charge in [0.25, 0.3) is 0 Å². The van der Waals surface area contributed by atoms with Crippen LogP contribution in [0, 0.1) is 11.3 Å². The fourth-order valence-corrected chi connectivity index (χ4v) is 4.06. The van der Waals surface area contributed by atoms with Crippen LogP contribution in [0.4, 0.5) is 0 Å². The molecule has 0 radical (unpaired) electrons. The van der Waals surface area contributed by atoms with Crippen molar-refractivity contribution in [2.24, 2.45) is 11.3 Å². The van der Waals surface area contributed by atoms with Crippen LogP contribution in [-0.2, 0) is 9.53 Å².